The van der Waals surface area contributed by atoms with Crippen molar-refractivity contribution in [2.45, 2.75) is 6.54 Å². The molecule has 1 nitrogen and oxygen atoms in total. The van der Waals surface area contributed by atoms with Crippen molar-refractivity contribution in [2.75, 3.05) is 0 Å². The van der Waals surface area contributed by atoms with E-state index in [1.54, 1.807) is 0 Å². The molecule has 6 rings (SSSR count). The quantitative estimate of drug-likeness (QED) is 0.309. The number of hydrogen-bond donors (Lipinski definition) is 1. The molecule has 0 fully saturated rings. The zero-order valence-electron chi connectivity index (χ0n) is 16.6. The van der Waals surface area contributed by atoms with Gasteiger partial charge in [-0.2, -0.15) is 0 Å². The normalized spacial score (nSPS) is 11.6. The van der Waals surface area contributed by atoms with Gasteiger partial charge in [-0.25, -0.2) is 0 Å². The highest BCUT2D eigenvalue weighted by molar-refractivity contribution is 6.32. The van der Waals surface area contributed by atoms with Crippen LogP contribution in [-0.2, 0) is 6.54 Å². The van der Waals surface area contributed by atoms with Crippen molar-refractivity contribution in [3.8, 4) is 11.1 Å². The molecule has 2 N–H and O–H groups in total. The van der Waals surface area contributed by atoms with Crippen LogP contribution in [0.5, 0.6) is 0 Å². The molecule has 0 aliphatic carbocycles. The molecule has 0 spiro atoms. The van der Waals surface area contributed by atoms with Gasteiger partial charge < -0.3 is 5.73 Å². The molecule has 0 aliphatic heterocycles. The molecule has 0 amide bonds. The Morgan fingerprint density at radius 2 is 1.00 bits per heavy atom. The van der Waals surface area contributed by atoms with Crippen molar-refractivity contribution < 1.29 is 0 Å². The predicted octanol–water partition coefficient (Wildman–Crippen LogP) is 7.43. The van der Waals surface area contributed by atoms with Crippen molar-refractivity contribution in [1.29, 1.82) is 0 Å². The van der Waals surface area contributed by atoms with Crippen LogP contribution in [0.3, 0.4) is 0 Å². The van der Waals surface area contributed by atoms with Crippen molar-refractivity contribution in [2.24, 2.45) is 5.73 Å². The fourth-order valence-electron chi connectivity index (χ4n) is 4.87. The van der Waals surface area contributed by atoms with E-state index >= 15 is 0 Å². The number of hydrogen-bond acceptors (Lipinski definition) is 1. The number of benzene rings is 6. The van der Waals surface area contributed by atoms with E-state index in [2.05, 4.69) is 103 Å². The molecule has 6 aromatic rings. The summed E-state index contributed by atoms with van der Waals surface area (Å²) in [5, 5.41) is 10.4. The fraction of sp³-hybridized carbons (Fsp3) is 0.0345. The summed E-state index contributed by atoms with van der Waals surface area (Å²) < 4.78 is 0. The van der Waals surface area contributed by atoms with Crippen LogP contribution in [0.25, 0.3) is 54.2 Å². The molecule has 6 aromatic carbocycles. The van der Waals surface area contributed by atoms with Crippen LogP contribution >= 0.6 is 0 Å². The van der Waals surface area contributed by atoms with E-state index in [0.29, 0.717) is 6.54 Å². The minimum atomic E-state index is 0.549. The molecule has 0 unspecified atom stereocenters. The van der Waals surface area contributed by atoms with E-state index in [1.807, 2.05) is 0 Å². The lowest BCUT2D eigenvalue weighted by Gasteiger charge is -2.16. The molecule has 0 saturated carbocycles. The highest BCUT2D eigenvalue weighted by atomic mass is 14.5. The Morgan fingerprint density at radius 1 is 0.467 bits per heavy atom. The topological polar surface area (TPSA) is 26.0 Å². The van der Waals surface area contributed by atoms with Crippen molar-refractivity contribution in [3.05, 3.63) is 109 Å². The summed E-state index contributed by atoms with van der Waals surface area (Å²) in [7, 11) is 0. The zero-order chi connectivity index (χ0) is 20.1. The first-order valence-electron chi connectivity index (χ1n) is 10.4. The van der Waals surface area contributed by atoms with Gasteiger partial charge in [-0.05, 0) is 71.9 Å². The second kappa shape index (κ2) is 6.69. The van der Waals surface area contributed by atoms with Gasteiger partial charge in [-0.3, -0.25) is 0 Å². The van der Waals surface area contributed by atoms with Gasteiger partial charge in [0, 0.05) is 6.54 Å². The van der Waals surface area contributed by atoms with Crippen LogP contribution < -0.4 is 5.73 Å². The van der Waals surface area contributed by atoms with E-state index in [4.69, 9.17) is 5.73 Å². The number of nitrogens with two attached hydrogens (primary N) is 1. The molecule has 0 radical (unpaired) electrons. The Bertz CT molecular complexity index is 1580. The monoisotopic (exact) mass is 383 g/mol. The summed E-state index contributed by atoms with van der Waals surface area (Å²) in [5.41, 5.74) is 9.56. The lowest BCUT2D eigenvalue weighted by Crippen LogP contribution is -1.96. The van der Waals surface area contributed by atoms with Crippen molar-refractivity contribution in [1.82, 2.24) is 0 Å². The summed E-state index contributed by atoms with van der Waals surface area (Å²) in [6, 6.07) is 37.3. The third-order valence-electron chi connectivity index (χ3n) is 6.22. The van der Waals surface area contributed by atoms with Gasteiger partial charge in [0.05, 0.1) is 0 Å². The third-order valence-corrected chi connectivity index (χ3v) is 6.22. The summed E-state index contributed by atoms with van der Waals surface area (Å²) in [6.07, 6.45) is 0. The highest BCUT2D eigenvalue weighted by Crippen LogP contribution is 2.42. The Hall–Kier alpha value is -3.68. The molecule has 0 heterocycles. The van der Waals surface area contributed by atoms with E-state index in [9.17, 15) is 0 Å². The van der Waals surface area contributed by atoms with Crippen molar-refractivity contribution in [3.63, 3.8) is 0 Å². The maximum atomic E-state index is 5.94. The molecule has 142 valence electrons. The van der Waals surface area contributed by atoms with Crippen LogP contribution in [-0.4, -0.2) is 0 Å². The van der Waals surface area contributed by atoms with Crippen molar-refractivity contribution >= 4 is 43.1 Å². The lowest BCUT2D eigenvalue weighted by atomic mass is 9.87. The standard InChI is InChI=1S/C29H21N/c30-18-19-8-7-9-20(16-19)27-17-28-23-12-2-1-10-21(23)22-11-3-5-14-25(22)29(28)26-15-6-4-13-24(26)27/h1-17H,18,30H2. The maximum Gasteiger partial charge on any atom is 0.0178 e. The van der Waals surface area contributed by atoms with Crippen LogP contribution in [0.15, 0.2) is 103 Å². The first-order chi connectivity index (χ1) is 14.8. The smallest absolute Gasteiger partial charge is 0.0178 e. The van der Waals surface area contributed by atoms with Gasteiger partial charge >= 0.3 is 0 Å². The molecule has 0 saturated heterocycles. The van der Waals surface area contributed by atoms with Crippen LogP contribution in [0.1, 0.15) is 5.56 Å². The minimum absolute atomic E-state index is 0.549. The predicted molar refractivity (Wildman–Crippen MR) is 130 cm³/mol. The average Bonchev–Trinajstić information content (AvgIpc) is 2.83. The van der Waals surface area contributed by atoms with Crippen LogP contribution in [0.4, 0.5) is 0 Å². The maximum absolute atomic E-state index is 5.94. The second-order valence-electron chi connectivity index (χ2n) is 7.89. The summed E-state index contributed by atoms with van der Waals surface area (Å²) in [6.45, 7) is 0.549. The molecule has 0 atom stereocenters. The van der Waals surface area contributed by atoms with Crippen LogP contribution in [0.2, 0.25) is 0 Å². The molecule has 0 aliphatic rings. The Labute approximate surface area is 175 Å². The Kier molecular flexibility index (Phi) is 3.83. The van der Waals surface area contributed by atoms with E-state index in [1.165, 1.54) is 54.2 Å². The van der Waals surface area contributed by atoms with Gasteiger partial charge in [-0.1, -0.05) is 91.0 Å². The van der Waals surface area contributed by atoms with Gasteiger partial charge in [0.2, 0.25) is 0 Å². The SMILES string of the molecule is NCc1cccc(-c2cc3c4ccccc4c4ccccc4c3c3ccccc23)c1. The highest BCUT2D eigenvalue weighted by Gasteiger charge is 2.14. The number of fused-ring (bicyclic) bond motifs is 8. The third kappa shape index (κ3) is 2.46. The van der Waals surface area contributed by atoms with Crippen LogP contribution in [0, 0.1) is 0 Å². The number of rotatable bonds is 2. The largest absolute Gasteiger partial charge is 0.326 e. The lowest BCUT2D eigenvalue weighted by molar-refractivity contribution is 1.07. The van der Waals surface area contributed by atoms with E-state index in [0.717, 1.165) is 5.56 Å². The summed E-state index contributed by atoms with van der Waals surface area (Å²) in [5.74, 6) is 0. The van der Waals surface area contributed by atoms with Gasteiger partial charge in [0.15, 0.2) is 0 Å². The zero-order valence-corrected chi connectivity index (χ0v) is 16.6. The van der Waals surface area contributed by atoms with Gasteiger partial charge in [0.1, 0.15) is 0 Å². The summed E-state index contributed by atoms with van der Waals surface area (Å²) in [4.78, 5) is 0. The molecule has 0 aromatic heterocycles. The first kappa shape index (κ1) is 17.2. The minimum Gasteiger partial charge on any atom is -0.326 e. The molecule has 30 heavy (non-hydrogen) atoms. The molecular formula is C29H21N. The molecular weight excluding hydrogens is 362 g/mol. The van der Waals surface area contributed by atoms with Gasteiger partial charge in [-0.15, -0.1) is 0 Å². The second-order valence-corrected chi connectivity index (χ2v) is 7.89. The molecule has 0 bridgehead atoms. The van der Waals surface area contributed by atoms with E-state index < -0.39 is 0 Å². The molecule has 1 heteroatoms. The first-order valence-corrected chi connectivity index (χ1v) is 10.4. The fourth-order valence-corrected chi connectivity index (χ4v) is 4.87. The summed E-state index contributed by atoms with van der Waals surface area (Å²) >= 11 is 0. The average molecular weight is 383 g/mol. The Morgan fingerprint density at radius 3 is 1.67 bits per heavy atom. The van der Waals surface area contributed by atoms with Gasteiger partial charge in [0.25, 0.3) is 0 Å². The van der Waals surface area contributed by atoms with E-state index in [-0.39, 0.29) is 0 Å². The Balaban J connectivity index is 1.89.